The van der Waals surface area contributed by atoms with Gasteiger partial charge >= 0.3 is 12.1 Å². The number of aldehydes is 1. The van der Waals surface area contributed by atoms with E-state index in [0.29, 0.717) is 31.8 Å². The third-order valence-corrected chi connectivity index (χ3v) is 10.8. The second-order valence-electron chi connectivity index (χ2n) is 13.6. The molecule has 3 amide bonds. The van der Waals surface area contributed by atoms with Gasteiger partial charge < -0.3 is 25.1 Å². The second-order valence-corrected chi connectivity index (χ2v) is 13.6. The lowest BCUT2D eigenvalue weighted by atomic mass is 9.77. The number of nitrogens with zero attached hydrogens (tertiary/aromatic N) is 3. The van der Waals surface area contributed by atoms with Crippen molar-refractivity contribution in [3.8, 4) is 0 Å². The van der Waals surface area contributed by atoms with Crippen molar-refractivity contribution in [3.05, 3.63) is 64.7 Å². The Hall–Kier alpha value is -3.43. The second kappa shape index (κ2) is 13.9. The smallest absolute Gasteiger partial charge is 0.411 e. The molecule has 0 saturated carbocycles. The first-order chi connectivity index (χ1) is 21.9. The van der Waals surface area contributed by atoms with Crippen LogP contribution >= 0.6 is 0 Å². The number of hydrogen-bond acceptors (Lipinski definition) is 6. The number of carbonyl (C=O) groups is 3. The Balaban J connectivity index is 1.24. The number of rotatable bonds is 7. The Morgan fingerprint density at radius 3 is 2.40 bits per heavy atom. The topological polar surface area (TPSA) is 94.2 Å². The van der Waals surface area contributed by atoms with Crippen LogP contribution < -0.4 is 10.6 Å². The van der Waals surface area contributed by atoms with Crippen molar-refractivity contribution in [3.63, 3.8) is 0 Å². The molecule has 242 valence electrons. The van der Waals surface area contributed by atoms with Crippen LogP contribution in [0.2, 0.25) is 0 Å². The summed E-state index contributed by atoms with van der Waals surface area (Å²) in [6, 6.07) is 14.0. The highest BCUT2D eigenvalue weighted by Gasteiger charge is 2.52. The Morgan fingerprint density at radius 2 is 1.67 bits per heavy atom. The van der Waals surface area contributed by atoms with Crippen LogP contribution in [-0.2, 0) is 22.6 Å². The summed E-state index contributed by atoms with van der Waals surface area (Å²) in [4.78, 5) is 46.2. The summed E-state index contributed by atoms with van der Waals surface area (Å²) in [5.74, 6) is 1.40. The van der Waals surface area contributed by atoms with Gasteiger partial charge in [0.2, 0.25) is 0 Å². The first kappa shape index (κ1) is 31.5. The summed E-state index contributed by atoms with van der Waals surface area (Å²) in [5.41, 5.74) is 4.36. The molecule has 2 aromatic rings. The van der Waals surface area contributed by atoms with Crippen LogP contribution in [0.1, 0.15) is 67.2 Å². The van der Waals surface area contributed by atoms with E-state index in [9.17, 15) is 14.4 Å². The quantitative estimate of drug-likeness (QED) is 0.400. The highest BCUT2D eigenvalue weighted by molar-refractivity contribution is 5.91. The van der Waals surface area contributed by atoms with E-state index < -0.39 is 5.66 Å². The lowest BCUT2D eigenvalue weighted by molar-refractivity contribution is -0.128. The number of benzene rings is 2. The molecule has 45 heavy (non-hydrogen) atoms. The normalized spacial score (nSPS) is 25.3. The number of ether oxygens (including phenoxy) is 1. The van der Waals surface area contributed by atoms with Crippen molar-refractivity contribution >= 4 is 24.1 Å². The minimum atomic E-state index is -0.844. The Bertz CT molecular complexity index is 1350. The molecule has 3 saturated heterocycles. The first-order valence-electron chi connectivity index (χ1n) is 16.9. The van der Waals surface area contributed by atoms with Gasteiger partial charge in [-0.25, -0.2) is 9.59 Å². The number of fused-ring (bicyclic) bond motifs is 1. The van der Waals surface area contributed by atoms with E-state index in [2.05, 4.69) is 27.7 Å². The lowest BCUT2D eigenvalue weighted by Gasteiger charge is -2.56. The number of nitrogens with one attached hydrogen (secondary N) is 2. The van der Waals surface area contributed by atoms with E-state index in [4.69, 9.17) is 4.74 Å². The number of anilines is 1. The van der Waals surface area contributed by atoms with Crippen LogP contribution in [0.5, 0.6) is 0 Å². The van der Waals surface area contributed by atoms with Gasteiger partial charge in [-0.3, -0.25) is 9.80 Å². The molecule has 3 fully saturated rings. The summed E-state index contributed by atoms with van der Waals surface area (Å²) >= 11 is 0. The third-order valence-electron chi connectivity index (χ3n) is 10.8. The monoisotopic (exact) mass is 615 g/mol. The predicted molar refractivity (Wildman–Crippen MR) is 175 cm³/mol. The van der Waals surface area contributed by atoms with E-state index in [1.165, 1.54) is 12.8 Å². The molecular weight excluding hydrogens is 566 g/mol. The fourth-order valence-corrected chi connectivity index (χ4v) is 8.58. The van der Waals surface area contributed by atoms with Gasteiger partial charge in [0, 0.05) is 50.7 Å². The molecule has 0 bridgehead atoms. The van der Waals surface area contributed by atoms with Gasteiger partial charge in [0.05, 0.1) is 0 Å². The summed E-state index contributed by atoms with van der Waals surface area (Å²) in [5, 5.41) is 6.62. The number of hydrogen-bond donors (Lipinski definition) is 2. The number of likely N-dealkylation sites (tertiary alicyclic amines) is 2. The van der Waals surface area contributed by atoms with E-state index in [0.717, 1.165) is 85.6 Å². The summed E-state index contributed by atoms with van der Waals surface area (Å²) < 4.78 is 6.00. The molecule has 0 aliphatic carbocycles. The van der Waals surface area contributed by atoms with Crippen LogP contribution in [0.15, 0.2) is 42.5 Å². The molecule has 4 aliphatic rings. The number of aryl methyl sites for hydroxylation is 2. The molecule has 2 N–H and O–H groups in total. The lowest BCUT2D eigenvalue weighted by Crippen LogP contribution is -2.69. The van der Waals surface area contributed by atoms with Crippen LogP contribution in [0, 0.1) is 25.7 Å². The molecule has 0 aromatic heterocycles. The number of urea groups is 1. The number of amides is 3. The molecular formula is C36H49N5O4. The standard InChI is InChI=1S/C36H49N5O4/c1-26-21-27(2)23-28(22-26)25-45-35(44)41-19-12-32(40-18-11-31-5-3-4-6-33(31)38-34(40)43)24-36(41,13-20-42)39-16-9-30(10-17-39)29-7-14-37-15-8-29/h3-6,20-23,29-30,32,37H,7-19,24-25H2,1-2H3,(H,38,43)/t32-,36+/m1/s1. The van der Waals surface area contributed by atoms with Crippen molar-refractivity contribution in [2.24, 2.45) is 11.8 Å². The Kier molecular flexibility index (Phi) is 9.75. The van der Waals surface area contributed by atoms with Gasteiger partial charge in [-0.15, -0.1) is 0 Å². The SMILES string of the molecule is Cc1cc(C)cc(COC(=O)N2CC[C@@H](N3CCc4ccccc4NC3=O)C[C@@]2(CC=O)N2CCC(C3CCNCC3)CC2)c1. The molecule has 2 atom stereocenters. The van der Waals surface area contributed by atoms with Crippen molar-refractivity contribution in [2.75, 3.05) is 44.6 Å². The van der Waals surface area contributed by atoms with Crippen molar-refractivity contribution < 1.29 is 19.1 Å². The van der Waals surface area contributed by atoms with Gasteiger partial charge in [-0.1, -0.05) is 47.5 Å². The minimum absolute atomic E-state index is 0.107. The van der Waals surface area contributed by atoms with Gasteiger partial charge in [0.25, 0.3) is 0 Å². The maximum atomic E-state index is 14.0. The highest BCUT2D eigenvalue weighted by atomic mass is 16.6. The maximum Gasteiger partial charge on any atom is 0.411 e. The van der Waals surface area contributed by atoms with E-state index in [1.54, 1.807) is 0 Å². The average Bonchev–Trinajstić information content (AvgIpc) is 3.22. The fraction of sp³-hybridized carbons (Fsp3) is 0.583. The zero-order valence-corrected chi connectivity index (χ0v) is 26.9. The molecule has 9 heteroatoms. The molecule has 4 aliphatic heterocycles. The fourth-order valence-electron chi connectivity index (χ4n) is 8.58. The van der Waals surface area contributed by atoms with Gasteiger partial charge in [0.1, 0.15) is 18.6 Å². The van der Waals surface area contributed by atoms with Gasteiger partial charge in [0.15, 0.2) is 0 Å². The maximum absolute atomic E-state index is 14.0. The predicted octanol–water partition coefficient (Wildman–Crippen LogP) is 5.49. The number of carbonyl (C=O) groups excluding carboxylic acids is 3. The number of para-hydroxylation sites is 1. The molecule has 6 rings (SSSR count). The van der Waals surface area contributed by atoms with Gasteiger partial charge in [-0.05, 0) is 94.5 Å². The summed E-state index contributed by atoms with van der Waals surface area (Å²) in [6.45, 7) is 9.12. The minimum Gasteiger partial charge on any atom is -0.445 e. The van der Waals surface area contributed by atoms with Crippen LogP contribution in [0.4, 0.5) is 15.3 Å². The molecule has 0 unspecified atom stereocenters. The Labute approximate surface area is 267 Å². The summed E-state index contributed by atoms with van der Waals surface area (Å²) in [7, 11) is 0. The summed E-state index contributed by atoms with van der Waals surface area (Å²) in [6.07, 6.45) is 7.23. The van der Waals surface area contributed by atoms with Crippen molar-refractivity contribution in [2.45, 2.75) is 83.5 Å². The van der Waals surface area contributed by atoms with Crippen molar-refractivity contribution in [1.82, 2.24) is 20.0 Å². The third kappa shape index (κ3) is 6.89. The molecule has 4 heterocycles. The van der Waals surface area contributed by atoms with Crippen molar-refractivity contribution in [1.29, 1.82) is 0 Å². The van der Waals surface area contributed by atoms with Crippen LogP contribution in [0.25, 0.3) is 0 Å². The first-order valence-corrected chi connectivity index (χ1v) is 16.9. The van der Waals surface area contributed by atoms with Crippen LogP contribution in [-0.4, -0.2) is 84.1 Å². The van der Waals surface area contributed by atoms with E-state index in [-0.39, 0.29) is 31.2 Å². The highest BCUT2D eigenvalue weighted by Crippen LogP contribution is 2.41. The zero-order chi connectivity index (χ0) is 31.4. The zero-order valence-electron chi connectivity index (χ0n) is 26.9. The van der Waals surface area contributed by atoms with E-state index in [1.807, 2.05) is 54.0 Å². The van der Waals surface area contributed by atoms with Gasteiger partial charge in [-0.2, -0.15) is 0 Å². The van der Waals surface area contributed by atoms with E-state index >= 15 is 0 Å². The molecule has 2 aromatic carbocycles. The largest absolute Gasteiger partial charge is 0.445 e. The number of piperidine rings is 3. The van der Waals surface area contributed by atoms with Crippen LogP contribution in [0.3, 0.4) is 0 Å². The molecule has 0 spiro atoms. The molecule has 0 radical (unpaired) electrons. The Morgan fingerprint density at radius 1 is 0.956 bits per heavy atom. The molecule has 9 nitrogen and oxygen atoms in total. The average molecular weight is 616 g/mol.